The van der Waals surface area contributed by atoms with E-state index >= 15 is 0 Å². The van der Waals surface area contributed by atoms with Gasteiger partial charge in [-0.05, 0) is 62.7 Å². The summed E-state index contributed by atoms with van der Waals surface area (Å²) < 4.78 is 0. The molecule has 0 bridgehead atoms. The van der Waals surface area contributed by atoms with Crippen LogP contribution < -0.4 is 0 Å². The number of aromatic nitrogens is 1. The molecule has 1 aliphatic rings. The van der Waals surface area contributed by atoms with E-state index < -0.39 is 0 Å². The summed E-state index contributed by atoms with van der Waals surface area (Å²) in [5.41, 5.74) is 3.90. The lowest BCUT2D eigenvalue weighted by atomic mass is 10.0. The third-order valence-electron chi connectivity index (χ3n) is 4.12. The maximum absolute atomic E-state index is 9.69. The molecule has 23 heavy (non-hydrogen) atoms. The van der Waals surface area contributed by atoms with Crippen molar-refractivity contribution in [3.8, 4) is 17.3 Å². The Bertz CT molecular complexity index is 775. The smallest absolute Gasteiger partial charge is 0.102 e. The van der Waals surface area contributed by atoms with Gasteiger partial charge in [0.25, 0.3) is 0 Å². The number of nitrogens with zero attached hydrogens (tertiary/aromatic N) is 3. The molecule has 0 aliphatic carbocycles. The average Bonchev–Trinajstić information content (AvgIpc) is 3.00. The van der Waals surface area contributed by atoms with Gasteiger partial charge in [-0.2, -0.15) is 5.26 Å². The summed E-state index contributed by atoms with van der Waals surface area (Å²) in [5, 5.41) is 10.8. The number of halogens is 2. The van der Waals surface area contributed by atoms with E-state index in [-0.39, 0.29) is 0 Å². The predicted molar refractivity (Wildman–Crippen MR) is 93.7 cm³/mol. The monoisotopic (exact) mass is 345 g/mol. The molecule has 5 heteroatoms. The minimum absolute atomic E-state index is 0.513. The van der Waals surface area contributed by atoms with E-state index in [9.17, 15) is 5.26 Å². The molecule has 2 aromatic rings. The number of aryl methyl sites for hydroxylation is 1. The number of benzene rings is 1. The molecule has 1 aromatic heterocycles. The Balaban J connectivity index is 2.09. The summed E-state index contributed by atoms with van der Waals surface area (Å²) in [6.07, 6.45) is 2.45. The van der Waals surface area contributed by atoms with Crippen LogP contribution in [-0.2, 0) is 6.54 Å². The molecular weight excluding hydrogens is 329 g/mol. The molecule has 1 saturated heterocycles. The van der Waals surface area contributed by atoms with Crippen LogP contribution in [-0.4, -0.2) is 23.0 Å². The molecule has 0 spiro atoms. The van der Waals surface area contributed by atoms with Gasteiger partial charge in [-0.25, -0.2) is 0 Å². The highest BCUT2D eigenvalue weighted by atomic mass is 35.5. The third kappa shape index (κ3) is 3.50. The van der Waals surface area contributed by atoms with Crippen LogP contribution >= 0.6 is 23.2 Å². The number of pyridine rings is 1. The average molecular weight is 346 g/mol. The number of likely N-dealkylation sites (tertiary alicyclic amines) is 1. The molecule has 2 heterocycles. The standard InChI is InChI=1S/C18H17Cl2N3/c1-12-8-13(11-23-6-2-3-7-23)16(10-21)18(22-12)15-5-4-14(19)9-17(15)20/h4-5,8-9H,2-3,6-7,11H2,1H3. The molecule has 0 amide bonds. The Morgan fingerprint density at radius 3 is 2.61 bits per heavy atom. The first-order chi connectivity index (χ1) is 11.1. The number of hydrogen-bond donors (Lipinski definition) is 0. The highest BCUT2D eigenvalue weighted by Crippen LogP contribution is 2.33. The molecule has 1 fully saturated rings. The van der Waals surface area contributed by atoms with Gasteiger partial charge in [0.2, 0.25) is 0 Å². The fourth-order valence-electron chi connectivity index (χ4n) is 3.05. The Labute approximate surface area is 146 Å². The van der Waals surface area contributed by atoms with Gasteiger partial charge < -0.3 is 0 Å². The first-order valence-electron chi connectivity index (χ1n) is 7.67. The Kier molecular flexibility index (Phi) is 4.87. The second-order valence-electron chi connectivity index (χ2n) is 5.87. The molecule has 3 rings (SSSR count). The molecule has 0 radical (unpaired) electrons. The SMILES string of the molecule is Cc1cc(CN2CCCC2)c(C#N)c(-c2ccc(Cl)cc2Cl)n1. The second-order valence-corrected chi connectivity index (χ2v) is 6.71. The molecule has 0 saturated carbocycles. The maximum Gasteiger partial charge on any atom is 0.102 e. The summed E-state index contributed by atoms with van der Waals surface area (Å²) in [4.78, 5) is 6.95. The van der Waals surface area contributed by atoms with Crippen LogP contribution in [0.4, 0.5) is 0 Å². The molecule has 0 unspecified atom stereocenters. The van der Waals surface area contributed by atoms with Gasteiger partial charge in [0.15, 0.2) is 0 Å². The zero-order chi connectivity index (χ0) is 16.4. The largest absolute Gasteiger partial charge is 0.299 e. The van der Waals surface area contributed by atoms with Crippen LogP contribution in [0.25, 0.3) is 11.3 Å². The fourth-order valence-corrected chi connectivity index (χ4v) is 3.55. The van der Waals surface area contributed by atoms with Gasteiger partial charge in [0.05, 0.1) is 16.3 Å². The van der Waals surface area contributed by atoms with Crippen molar-refractivity contribution in [2.75, 3.05) is 13.1 Å². The lowest BCUT2D eigenvalue weighted by Crippen LogP contribution is -2.19. The van der Waals surface area contributed by atoms with Gasteiger partial charge in [-0.3, -0.25) is 9.88 Å². The first kappa shape index (κ1) is 16.3. The van der Waals surface area contributed by atoms with Crippen LogP contribution in [0.15, 0.2) is 24.3 Å². The normalized spacial score (nSPS) is 14.9. The van der Waals surface area contributed by atoms with Crippen molar-refractivity contribution in [2.24, 2.45) is 0 Å². The van der Waals surface area contributed by atoms with Crippen LogP contribution in [0.3, 0.4) is 0 Å². The van der Waals surface area contributed by atoms with E-state index in [0.29, 0.717) is 21.3 Å². The quantitative estimate of drug-likeness (QED) is 0.799. The van der Waals surface area contributed by atoms with Crippen LogP contribution in [0.1, 0.15) is 29.7 Å². The van der Waals surface area contributed by atoms with Crippen molar-refractivity contribution < 1.29 is 0 Å². The molecule has 3 nitrogen and oxygen atoms in total. The van der Waals surface area contributed by atoms with E-state index in [2.05, 4.69) is 16.0 Å². The van der Waals surface area contributed by atoms with Crippen LogP contribution in [0, 0.1) is 18.3 Å². The summed E-state index contributed by atoms with van der Waals surface area (Å²) in [7, 11) is 0. The molecule has 0 atom stereocenters. The molecule has 0 N–H and O–H groups in total. The van der Waals surface area contributed by atoms with Gasteiger partial charge in [0.1, 0.15) is 6.07 Å². The highest BCUT2D eigenvalue weighted by molar-refractivity contribution is 6.36. The van der Waals surface area contributed by atoms with E-state index in [0.717, 1.165) is 36.5 Å². The lowest BCUT2D eigenvalue weighted by Gasteiger charge is -2.18. The van der Waals surface area contributed by atoms with E-state index in [1.807, 2.05) is 19.1 Å². The van der Waals surface area contributed by atoms with Gasteiger partial charge in [-0.15, -0.1) is 0 Å². The van der Waals surface area contributed by atoms with Crippen molar-refractivity contribution in [1.29, 1.82) is 5.26 Å². The fraction of sp³-hybridized carbons (Fsp3) is 0.333. The van der Waals surface area contributed by atoms with Crippen molar-refractivity contribution >= 4 is 23.2 Å². The minimum Gasteiger partial charge on any atom is -0.299 e. The van der Waals surface area contributed by atoms with Crippen LogP contribution in [0.2, 0.25) is 10.0 Å². The van der Waals surface area contributed by atoms with Crippen molar-refractivity contribution in [2.45, 2.75) is 26.3 Å². The summed E-state index contributed by atoms with van der Waals surface area (Å²) in [6.45, 7) is 4.90. The zero-order valence-corrected chi connectivity index (χ0v) is 14.5. The summed E-state index contributed by atoms with van der Waals surface area (Å²) in [6, 6.07) is 9.61. The molecule has 1 aromatic carbocycles. The number of hydrogen-bond acceptors (Lipinski definition) is 3. The molecular formula is C18H17Cl2N3. The Morgan fingerprint density at radius 1 is 1.22 bits per heavy atom. The zero-order valence-electron chi connectivity index (χ0n) is 12.9. The van der Waals surface area contributed by atoms with Gasteiger partial charge >= 0.3 is 0 Å². The van der Waals surface area contributed by atoms with Gasteiger partial charge in [0, 0.05) is 22.8 Å². The molecule has 1 aliphatic heterocycles. The number of rotatable bonds is 3. The predicted octanol–water partition coefficient (Wildman–Crippen LogP) is 4.83. The highest BCUT2D eigenvalue weighted by Gasteiger charge is 2.19. The maximum atomic E-state index is 9.69. The summed E-state index contributed by atoms with van der Waals surface area (Å²) in [5.74, 6) is 0. The van der Waals surface area contributed by atoms with Crippen molar-refractivity contribution in [1.82, 2.24) is 9.88 Å². The van der Waals surface area contributed by atoms with Crippen molar-refractivity contribution in [3.05, 3.63) is 51.1 Å². The van der Waals surface area contributed by atoms with Crippen molar-refractivity contribution in [3.63, 3.8) is 0 Å². The second kappa shape index (κ2) is 6.88. The first-order valence-corrected chi connectivity index (χ1v) is 8.42. The Morgan fingerprint density at radius 2 is 1.96 bits per heavy atom. The molecule has 118 valence electrons. The topological polar surface area (TPSA) is 39.9 Å². The van der Waals surface area contributed by atoms with E-state index in [4.69, 9.17) is 23.2 Å². The summed E-state index contributed by atoms with van der Waals surface area (Å²) >= 11 is 12.3. The van der Waals surface area contributed by atoms with E-state index in [1.54, 1.807) is 12.1 Å². The minimum atomic E-state index is 0.513. The van der Waals surface area contributed by atoms with Crippen LogP contribution in [0.5, 0.6) is 0 Å². The lowest BCUT2D eigenvalue weighted by molar-refractivity contribution is 0.331. The van der Waals surface area contributed by atoms with Gasteiger partial charge in [-0.1, -0.05) is 23.2 Å². The number of nitriles is 1. The van der Waals surface area contributed by atoms with E-state index in [1.165, 1.54) is 12.8 Å². The third-order valence-corrected chi connectivity index (χ3v) is 4.67. The Hall–Kier alpha value is -1.60.